The van der Waals surface area contributed by atoms with Crippen LogP contribution in [0.3, 0.4) is 0 Å². The molecule has 0 unspecified atom stereocenters. The fourth-order valence-electron chi connectivity index (χ4n) is 4.06. The smallest absolute Gasteiger partial charge is 0.253 e. The van der Waals surface area contributed by atoms with E-state index in [1.807, 2.05) is 55.5 Å². The Hall–Kier alpha value is -4.06. The Morgan fingerprint density at radius 2 is 1.97 bits per heavy atom. The molecule has 34 heavy (non-hydrogen) atoms. The fraction of sp³-hybridized carbons (Fsp3) is 0.214. The number of aliphatic imine (C=N–C) groups is 1. The van der Waals surface area contributed by atoms with Gasteiger partial charge in [-0.2, -0.15) is 0 Å². The molecule has 1 N–H and O–H groups in total. The van der Waals surface area contributed by atoms with Gasteiger partial charge in [0, 0.05) is 61.0 Å². The average molecular weight is 453 g/mol. The van der Waals surface area contributed by atoms with E-state index in [0.717, 1.165) is 34.0 Å². The summed E-state index contributed by atoms with van der Waals surface area (Å²) in [4.78, 5) is 35.4. The Bertz CT molecular complexity index is 1280. The van der Waals surface area contributed by atoms with Crippen LogP contribution in [0.1, 0.15) is 35.2 Å². The van der Waals surface area contributed by atoms with Gasteiger partial charge in [0.1, 0.15) is 0 Å². The maximum absolute atomic E-state index is 12.8. The first-order chi connectivity index (χ1) is 16.5. The summed E-state index contributed by atoms with van der Waals surface area (Å²) in [6, 6.07) is 15.4. The molecule has 1 saturated carbocycles. The number of amides is 2. The summed E-state index contributed by atoms with van der Waals surface area (Å²) in [6.07, 6.45) is 9.30. The van der Waals surface area contributed by atoms with E-state index in [4.69, 9.17) is 0 Å². The van der Waals surface area contributed by atoms with Gasteiger partial charge >= 0.3 is 0 Å². The second-order valence-electron chi connectivity index (χ2n) is 8.67. The van der Waals surface area contributed by atoms with E-state index >= 15 is 0 Å². The van der Waals surface area contributed by atoms with Gasteiger partial charge in [0.2, 0.25) is 5.91 Å². The molecule has 3 aromatic rings. The van der Waals surface area contributed by atoms with Crippen molar-refractivity contribution in [2.24, 2.45) is 10.9 Å². The number of nitrogens with one attached hydrogen (secondary N) is 1. The van der Waals surface area contributed by atoms with Crippen LogP contribution in [0, 0.1) is 5.92 Å². The van der Waals surface area contributed by atoms with Gasteiger partial charge in [0.25, 0.3) is 5.91 Å². The summed E-state index contributed by atoms with van der Waals surface area (Å²) in [5.41, 5.74) is 3.47. The van der Waals surface area contributed by atoms with Gasteiger partial charge in [-0.3, -0.25) is 19.6 Å². The molecule has 172 valence electrons. The lowest BCUT2D eigenvalue weighted by molar-refractivity contribution is -0.117. The zero-order chi connectivity index (χ0) is 24.1. The van der Waals surface area contributed by atoms with Gasteiger partial charge in [0.05, 0.1) is 0 Å². The number of carbonyl (C=O) groups is 2. The van der Waals surface area contributed by atoms with Crippen LogP contribution >= 0.6 is 0 Å². The molecule has 1 fully saturated rings. The Labute approximate surface area is 199 Å². The van der Waals surface area contributed by atoms with Gasteiger partial charge < -0.3 is 10.2 Å². The van der Waals surface area contributed by atoms with E-state index in [9.17, 15) is 9.59 Å². The first-order valence-electron chi connectivity index (χ1n) is 11.3. The third kappa shape index (κ3) is 5.46. The van der Waals surface area contributed by atoms with Crippen molar-refractivity contribution in [1.82, 2.24) is 9.88 Å². The van der Waals surface area contributed by atoms with Crippen LogP contribution in [0.5, 0.6) is 0 Å². The van der Waals surface area contributed by atoms with Crippen LogP contribution in [0.15, 0.2) is 90.3 Å². The molecule has 1 heterocycles. The van der Waals surface area contributed by atoms with Crippen LogP contribution in [-0.2, 0) is 4.79 Å². The molecule has 2 amide bonds. The molecule has 0 bridgehead atoms. The van der Waals surface area contributed by atoms with Crippen LogP contribution in [0.25, 0.3) is 10.8 Å². The number of anilines is 1. The van der Waals surface area contributed by atoms with E-state index < -0.39 is 0 Å². The first-order valence-corrected chi connectivity index (χ1v) is 11.3. The number of fused-ring (bicyclic) bond motifs is 1. The van der Waals surface area contributed by atoms with Gasteiger partial charge in [-0.15, -0.1) is 0 Å². The van der Waals surface area contributed by atoms with Crippen LogP contribution < -0.4 is 5.32 Å². The van der Waals surface area contributed by atoms with Crippen LogP contribution in [0.4, 0.5) is 5.69 Å². The first kappa shape index (κ1) is 23.1. The average Bonchev–Trinajstić information content (AvgIpc) is 3.65. The molecule has 1 aromatic heterocycles. The topological polar surface area (TPSA) is 74.7 Å². The number of carbonyl (C=O) groups excluding carboxylic acids is 2. The standard InChI is InChI=1S/C28H28N4O2/c1-4-12-29-16-19(2)18-32(3)28(34)21-7-5-20(6-8-21)25-15-26(25)27(33)31-24-10-9-23-17-30-13-11-22(23)14-24/h4-14,16-17,25-26H,1,15,18H2,2-3H3,(H,31,33)/b19-16+,29-12?/t25-,26+/m0/s1. The second-order valence-corrected chi connectivity index (χ2v) is 8.67. The van der Waals surface area contributed by atoms with Crippen molar-refractivity contribution in [2.45, 2.75) is 19.3 Å². The number of hydrogen-bond acceptors (Lipinski definition) is 4. The van der Waals surface area contributed by atoms with E-state index in [1.54, 1.807) is 42.8 Å². The van der Waals surface area contributed by atoms with Crippen molar-refractivity contribution >= 4 is 34.5 Å². The molecule has 2 atom stereocenters. The van der Waals surface area contributed by atoms with Crippen molar-refractivity contribution in [3.05, 3.63) is 96.5 Å². The number of hydrogen-bond donors (Lipinski definition) is 1. The van der Waals surface area contributed by atoms with Crippen LogP contribution in [-0.4, -0.2) is 41.5 Å². The molecular formula is C28H28N4O2. The Morgan fingerprint density at radius 3 is 2.74 bits per heavy atom. The number of pyridine rings is 1. The van der Waals surface area contributed by atoms with E-state index in [0.29, 0.717) is 12.1 Å². The van der Waals surface area contributed by atoms with Crippen molar-refractivity contribution < 1.29 is 9.59 Å². The minimum absolute atomic E-state index is 0.0275. The number of benzene rings is 2. The van der Waals surface area contributed by atoms with Crippen molar-refractivity contribution in [3.8, 4) is 0 Å². The highest BCUT2D eigenvalue weighted by molar-refractivity contribution is 5.97. The highest BCUT2D eigenvalue weighted by Crippen LogP contribution is 2.48. The second kappa shape index (κ2) is 10.3. The fourth-order valence-corrected chi connectivity index (χ4v) is 4.06. The highest BCUT2D eigenvalue weighted by atomic mass is 16.2. The summed E-state index contributed by atoms with van der Waals surface area (Å²) in [6.45, 7) is 6.01. The molecule has 4 rings (SSSR count). The van der Waals surface area contributed by atoms with E-state index in [-0.39, 0.29) is 23.7 Å². The van der Waals surface area contributed by atoms with E-state index in [2.05, 4.69) is 21.9 Å². The minimum atomic E-state index is -0.0544. The lowest BCUT2D eigenvalue weighted by Gasteiger charge is -2.17. The maximum atomic E-state index is 12.8. The van der Waals surface area contributed by atoms with Gasteiger partial charge in [-0.25, -0.2) is 0 Å². The van der Waals surface area contributed by atoms with Crippen molar-refractivity contribution in [2.75, 3.05) is 18.9 Å². The number of rotatable bonds is 8. The summed E-state index contributed by atoms with van der Waals surface area (Å²) in [5, 5.41) is 5.12. The number of aromatic nitrogens is 1. The minimum Gasteiger partial charge on any atom is -0.338 e. The van der Waals surface area contributed by atoms with Gasteiger partial charge in [-0.1, -0.05) is 30.9 Å². The summed E-state index contributed by atoms with van der Waals surface area (Å²) in [5.74, 6) is 0.101. The zero-order valence-electron chi connectivity index (χ0n) is 19.4. The van der Waals surface area contributed by atoms with Gasteiger partial charge in [0.15, 0.2) is 0 Å². The van der Waals surface area contributed by atoms with Crippen LogP contribution in [0.2, 0.25) is 0 Å². The number of allylic oxidation sites excluding steroid dienone is 1. The molecule has 0 aliphatic heterocycles. The third-order valence-corrected chi connectivity index (χ3v) is 5.94. The molecule has 1 aliphatic carbocycles. The highest BCUT2D eigenvalue weighted by Gasteiger charge is 2.43. The zero-order valence-corrected chi connectivity index (χ0v) is 19.4. The summed E-state index contributed by atoms with van der Waals surface area (Å²) in [7, 11) is 1.77. The normalized spacial score (nSPS) is 17.5. The monoisotopic (exact) mass is 452 g/mol. The predicted octanol–water partition coefficient (Wildman–Crippen LogP) is 5.21. The summed E-state index contributed by atoms with van der Waals surface area (Å²) >= 11 is 0. The SMILES string of the molecule is C=CC=N/C=C(\C)CN(C)C(=O)c1ccc([C@@H]2C[C@H]2C(=O)Nc2ccc3cnccc3c2)cc1. The Morgan fingerprint density at radius 1 is 1.18 bits per heavy atom. The molecule has 0 saturated heterocycles. The number of likely N-dealkylation sites (N-methyl/N-ethyl adjacent to an activating group) is 1. The lowest BCUT2D eigenvalue weighted by atomic mass is 10.1. The molecule has 0 spiro atoms. The summed E-state index contributed by atoms with van der Waals surface area (Å²) < 4.78 is 0. The lowest BCUT2D eigenvalue weighted by Crippen LogP contribution is -2.28. The Kier molecular flexibility index (Phi) is 6.97. The molecule has 6 nitrogen and oxygen atoms in total. The maximum Gasteiger partial charge on any atom is 0.253 e. The molecule has 6 heteroatoms. The largest absolute Gasteiger partial charge is 0.338 e. The third-order valence-electron chi connectivity index (χ3n) is 5.94. The molecular weight excluding hydrogens is 424 g/mol. The van der Waals surface area contributed by atoms with Gasteiger partial charge in [-0.05, 0) is 66.1 Å². The molecule has 0 radical (unpaired) electrons. The van der Waals surface area contributed by atoms with Crippen molar-refractivity contribution in [1.29, 1.82) is 0 Å². The number of nitrogens with zero attached hydrogens (tertiary/aromatic N) is 3. The molecule has 2 aromatic carbocycles. The predicted molar refractivity (Wildman–Crippen MR) is 137 cm³/mol. The quantitative estimate of drug-likeness (QED) is 0.477. The Balaban J connectivity index is 1.33. The van der Waals surface area contributed by atoms with E-state index in [1.165, 1.54) is 0 Å². The van der Waals surface area contributed by atoms with Crippen molar-refractivity contribution in [3.63, 3.8) is 0 Å². The molecule has 1 aliphatic rings.